The maximum Gasteiger partial charge on any atom is 0.168 e. The van der Waals surface area contributed by atoms with Crippen LogP contribution >= 0.6 is 11.6 Å². The second-order valence-electron chi connectivity index (χ2n) is 4.75. The number of nitrogens with zero attached hydrogens (tertiary/aromatic N) is 4. The monoisotopic (exact) mass is 301 g/mol. The number of aromatic nitrogens is 4. The van der Waals surface area contributed by atoms with Crippen LogP contribution in [0.15, 0.2) is 36.8 Å². The minimum Gasteiger partial charge on any atom is -0.369 e. The van der Waals surface area contributed by atoms with Gasteiger partial charge in [0.1, 0.15) is 12.1 Å². The number of hydrogen-bond donors (Lipinski definition) is 1. The van der Waals surface area contributed by atoms with Crippen molar-refractivity contribution in [1.82, 2.24) is 19.7 Å². The van der Waals surface area contributed by atoms with Crippen molar-refractivity contribution in [1.29, 1.82) is 0 Å². The lowest BCUT2D eigenvalue weighted by Crippen LogP contribution is -2.04. The van der Waals surface area contributed by atoms with Crippen LogP contribution in [0, 0.1) is 0 Å². The van der Waals surface area contributed by atoms with E-state index in [0.717, 1.165) is 41.9 Å². The summed E-state index contributed by atoms with van der Waals surface area (Å²) in [6, 6.07) is 7.58. The lowest BCUT2D eigenvalue weighted by Gasteiger charge is -2.07. The number of fused-ring (bicyclic) bond motifs is 1. The Kier molecular flexibility index (Phi) is 4.01. The highest BCUT2D eigenvalue weighted by Crippen LogP contribution is 2.25. The summed E-state index contributed by atoms with van der Waals surface area (Å²) in [4.78, 5) is 8.64. The highest BCUT2D eigenvalue weighted by atomic mass is 35.5. The molecule has 0 aliphatic carbocycles. The largest absolute Gasteiger partial charge is 0.369 e. The molecule has 6 heteroatoms. The van der Waals surface area contributed by atoms with E-state index < -0.39 is 0 Å². The molecule has 0 unspecified atom stereocenters. The first-order chi connectivity index (χ1) is 10.3. The van der Waals surface area contributed by atoms with Crippen LogP contribution in [0.25, 0.3) is 16.7 Å². The third-order valence-electron chi connectivity index (χ3n) is 3.27. The molecule has 0 amide bonds. The fourth-order valence-corrected chi connectivity index (χ4v) is 2.38. The Hall–Kier alpha value is -2.14. The summed E-state index contributed by atoms with van der Waals surface area (Å²) in [6.07, 6.45) is 5.56. The summed E-state index contributed by atoms with van der Waals surface area (Å²) in [5, 5.41) is 9.27. The third-order valence-corrected chi connectivity index (χ3v) is 3.59. The summed E-state index contributed by atoms with van der Waals surface area (Å²) in [5.74, 6) is 0.812. The second-order valence-corrected chi connectivity index (χ2v) is 5.15. The molecular formula is C15H16ClN5. The molecule has 108 valence electrons. The fraction of sp³-hybridized carbons (Fsp3) is 0.267. The van der Waals surface area contributed by atoms with Gasteiger partial charge < -0.3 is 5.32 Å². The number of anilines is 1. The minimum absolute atomic E-state index is 0.640. The van der Waals surface area contributed by atoms with E-state index in [9.17, 15) is 0 Å². The Morgan fingerprint density at radius 3 is 2.90 bits per heavy atom. The van der Waals surface area contributed by atoms with Crippen molar-refractivity contribution < 1.29 is 0 Å². The first-order valence-corrected chi connectivity index (χ1v) is 7.36. The van der Waals surface area contributed by atoms with Crippen LogP contribution in [0.4, 0.5) is 5.82 Å². The minimum atomic E-state index is 0.640. The van der Waals surface area contributed by atoms with Gasteiger partial charge >= 0.3 is 0 Å². The molecule has 2 heterocycles. The average Bonchev–Trinajstić information content (AvgIpc) is 2.93. The zero-order chi connectivity index (χ0) is 14.7. The van der Waals surface area contributed by atoms with Crippen LogP contribution in [0.1, 0.15) is 19.8 Å². The summed E-state index contributed by atoms with van der Waals surface area (Å²) < 4.78 is 1.74. The number of unbranched alkanes of at least 4 members (excludes halogenated alkanes) is 1. The zero-order valence-electron chi connectivity index (χ0n) is 11.8. The van der Waals surface area contributed by atoms with Crippen molar-refractivity contribution >= 4 is 28.5 Å². The van der Waals surface area contributed by atoms with Crippen molar-refractivity contribution in [2.45, 2.75) is 19.8 Å². The molecule has 0 fully saturated rings. The predicted octanol–water partition coefficient (Wildman–Crippen LogP) is 3.68. The summed E-state index contributed by atoms with van der Waals surface area (Å²) in [5.41, 5.74) is 1.56. The number of benzene rings is 1. The van der Waals surface area contributed by atoms with E-state index >= 15 is 0 Å². The van der Waals surface area contributed by atoms with E-state index in [-0.39, 0.29) is 0 Å². The zero-order valence-corrected chi connectivity index (χ0v) is 12.5. The van der Waals surface area contributed by atoms with Crippen molar-refractivity contribution in [3.05, 3.63) is 41.8 Å². The number of halogens is 1. The fourth-order valence-electron chi connectivity index (χ4n) is 2.17. The van der Waals surface area contributed by atoms with Gasteiger partial charge in [-0.15, -0.1) is 0 Å². The molecule has 3 aromatic rings. The van der Waals surface area contributed by atoms with Gasteiger partial charge in [-0.25, -0.2) is 14.6 Å². The molecule has 1 aromatic carbocycles. The molecule has 5 nitrogen and oxygen atoms in total. The van der Waals surface area contributed by atoms with Crippen molar-refractivity contribution in [2.24, 2.45) is 0 Å². The van der Waals surface area contributed by atoms with E-state index in [4.69, 9.17) is 11.6 Å². The number of hydrogen-bond acceptors (Lipinski definition) is 4. The Labute approximate surface area is 128 Å². The highest BCUT2D eigenvalue weighted by Gasteiger charge is 2.12. The Balaban J connectivity index is 2.03. The molecule has 3 rings (SSSR count). The Bertz CT molecular complexity index is 753. The number of para-hydroxylation sites is 1. The number of nitrogens with one attached hydrogen (secondary N) is 1. The standard InChI is InChI=1S/C15H16ClN5/c1-2-3-8-17-14-11-9-20-21(15(11)19-10-18-14)13-7-5-4-6-12(13)16/h4-7,9-10H,2-3,8H2,1H3,(H,17,18,19). The van der Waals surface area contributed by atoms with E-state index in [1.165, 1.54) is 0 Å². The maximum absolute atomic E-state index is 6.24. The third kappa shape index (κ3) is 2.69. The average molecular weight is 302 g/mol. The van der Waals surface area contributed by atoms with Gasteiger partial charge in [0.15, 0.2) is 5.65 Å². The molecule has 0 saturated carbocycles. The summed E-state index contributed by atoms with van der Waals surface area (Å²) in [6.45, 7) is 3.05. The Morgan fingerprint density at radius 1 is 1.24 bits per heavy atom. The Morgan fingerprint density at radius 2 is 2.10 bits per heavy atom. The first kappa shape index (κ1) is 13.8. The predicted molar refractivity (Wildman–Crippen MR) is 85.1 cm³/mol. The van der Waals surface area contributed by atoms with Gasteiger partial charge in [0.05, 0.1) is 22.3 Å². The molecule has 0 radical (unpaired) electrons. The van der Waals surface area contributed by atoms with Crippen LogP contribution in [-0.2, 0) is 0 Å². The molecule has 21 heavy (non-hydrogen) atoms. The first-order valence-electron chi connectivity index (χ1n) is 6.98. The second kappa shape index (κ2) is 6.10. The molecule has 0 atom stereocenters. The molecule has 0 saturated heterocycles. The molecule has 2 aromatic heterocycles. The van der Waals surface area contributed by atoms with Crippen LogP contribution < -0.4 is 5.32 Å². The van der Waals surface area contributed by atoms with E-state index in [2.05, 4.69) is 27.3 Å². The molecule has 0 aliphatic rings. The van der Waals surface area contributed by atoms with Gasteiger partial charge in [0, 0.05) is 6.54 Å². The van der Waals surface area contributed by atoms with Crippen LogP contribution in [0.3, 0.4) is 0 Å². The summed E-state index contributed by atoms with van der Waals surface area (Å²) in [7, 11) is 0. The van der Waals surface area contributed by atoms with E-state index in [1.54, 1.807) is 17.2 Å². The topological polar surface area (TPSA) is 55.6 Å². The van der Waals surface area contributed by atoms with Gasteiger partial charge in [0.25, 0.3) is 0 Å². The highest BCUT2D eigenvalue weighted by molar-refractivity contribution is 6.32. The van der Waals surface area contributed by atoms with Crippen molar-refractivity contribution in [3.8, 4) is 5.69 Å². The number of rotatable bonds is 5. The lowest BCUT2D eigenvalue weighted by molar-refractivity contribution is 0.831. The molecular weight excluding hydrogens is 286 g/mol. The van der Waals surface area contributed by atoms with Crippen molar-refractivity contribution in [3.63, 3.8) is 0 Å². The molecule has 1 N–H and O–H groups in total. The normalized spacial score (nSPS) is 11.0. The van der Waals surface area contributed by atoms with Crippen LogP contribution in [-0.4, -0.2) is 26.3 Å². The van der Waals surface area contributed by atoms with Crippen LogP contribution in [0.2, 0.25) is 5.02 Å². The SMILES string of the molecule is CCCCNc1ncnc2c1cnn2-c1ccccc1Cl. The van der Waals surface area contributed by atoms with E-state index in [1.807, 2.05) is 24.3 Å². The van der Waals surface area contributed by atoms with E-state index in [0.29, 0.717) is 5.02 Å². The smallest absolute Gasteiger partial charge is 0.168 e. The van der Waals surface area contributed by atoms with Gasteiger partial charge in [-0.2, -0.15) is 5.10 Å². The summed E-state index contributed by atoms with van der Waals surface area (Å²) >= 11 is 6.24. The quantitative estimate of drug-likeness (QED) is 0.730. The van der Waals surface area contributed by atoms with Crippen molar-refractivity contribution in [2.75, 3.05) is 11.9 Å². The van der Waals surface area contributed by atoms with Gasteiger partial charge in [-0.05, 0) is 18.6 Å². The van der Waals surface area contributed by atoms with Crippen LogP contribution in [0.5, 0.6) is 0 Å². The lowest BCUT2D eigenvalue weighted by atomic mass is 10.3. The molecule has 0 spiro atoms. The van der Waals surface area contributed by atoms with Gasteiger partial charge in [-0.3, -0.25) is 0 Å². The molecule has 0 aliphatic heterocycles. The maximum atomic E-state index is 6.24. The molecule has 0 bridgehead atoms. The van der Waals surface area contributed by atoms with Gasteiger partial charge in [0.2, 0.25) is 0 Å². The van der Waals surface area contributed by atoms with Gasteiger partial charge in [-0.1, -0.05) is 37.1 Å².